The lowest BCUT2D eigenvalue weighted by Crippen LogP contribution is -1.78. The quantitative estimate of drug-likeness (QED) is 0.503. The third-order valence-electron chi connectivity index (χ3n) is 3.09. The van der Waals surface area contributed by atoms with Crippen LogP contribution in [0.4, 0.5) is 0 Å². The third kappa shape index (κ3) is 1.83. The highest BCUT2D eigenvalue weighted by molar-refractivity contribution is 5.98. The highest BCUT2D eigenvalue weighted by atomic mass is 14.0. The van der Waals surface area contributed by atoms with Crippen LogP contribution in [0.25, 0.3) is 27.6 Å². The topological polar surface area (TPSA) is 0 Å². The van der Waals surface area contributed by atoms with Gasteiger partial charge in [0, 0.05) is 0 Å². The largest absolute Gasteiger partial charge is 0.0871 e. The van der Waals surface area contributed by atoms with Gasteiger partial charge in [-0.1, -0.05) is 48.6 Å². The smallest absolute Gasteiger partial charge is 0.0172 e. The summed E-state index contributed by atoms with van der Waals surface area (Å²) in [6.45, 7) is 2.05. The highest BCUT2D eigenvalue weighted by Crippen LogP contribution is 2.24. The molecule has 82 valence electrons. The summed E-state index contributed by atoms with van der Waals surface area (Å²) in [7, 11) is 0. The van der Waals surface area contributed by atoms with Crippen LogP contribution >= 0.6 is 0 Å². The Labute approximate surface area is 101 Å². The van der Waals surface area contributed by atoms with E-state index in [2.05, 4.69) is 66.7 Å². The van der Waals surface area contributed by atoms with Crippen LogP contribution in [-0.2, 0) is 0 Å². The average Bonchev–Trinajstić information content (AvgIpc) is 2.36. The van der Waals surface area contributed by atoms with Crippen LogP contribution in [0.5, 0.6) is 0 Å². The Morgan fingerprint density at radius 1 is 0.706 bits per heavy atom. The minimum Gasteiger partial charge on any atom is -0.0871 e. The predicted octanol–water partition coefficient (Wildman–Crippen LogP) is 5.03. The molecule has 0 aliphatic rings. The van der Waals surface area contributed by atoms with E-state index in [0.717, 1.165) is 0 Å². The molecule has 0 unspecified atom stereocenters. The van der Waals surface area contributed by atoms with Crippen molar-refractivity contribution in [2.24, 2.45) is 0 Å². The summed E-state index contributed by atoms with van der Waals surface area (Å²) in [5, 5.41) is 5.22. The fourth-order valence-electron chi connectivity index (χ4n) is 2.25. The van der Waals surface area contributed by atoms with E-state index in [1.54, 1.807) is 0 Å². The van der Waals surface area contributed by atoms with E-state index >= 15 is 0 Å². The summed E-state index contributed by atoms with van der Waals surface area (Å²) in [5.74, 6) is 0. The molecule has 3 aromatic carbocycles. The maximum absolute atomic E-state index is 2.26. The van der Waals surface area contributed by atoms with E-state index in [1.165, 1.54) is 27.1 Å². The van der Waals surface area contributed by atoms with Crippen molar-refractivity contribution < 1.29 is 0 Å². The molecule has 0 radical (unpaired) electrons. The van der Waals surface area contributed by atoms with Crippen molar-refractivity contribution in [2.45, 2.75) is 6.92 Å². The van der Waals surface area contributed by atoms with Crippen LogP contribution in [0, 0.1) is 0 Å². The number of hydrogen-bond donors (Lipinski definition) is 0. The molecule has 0 spiro atoms. The van der Waals surface area contributed by atoms with Gasteiger partial charge in [-0.2, -0.15) is 0 Å². The van der Waals surface area contributed by atoms with Gasteiger partial charge in [-0.25, -0.2) is 0 Å². The van der Waals surface area contributed by atoms with Crippen molar-refractivity contribution in [2.75, 3.05) is 0 Å². The monoisotopic (exact) mass is 218 g/mol. The number of rotatable bonds is 1. The number of benzene rings is 3. The number of hydrogen-bond acceptors (Lipinski definition) is 0. The minimum atomic E-state index is 1.26. The van der Waals surface area contributed by atoms with Crippen molar-refractivity contribution in [1.82, 2.24) is 0 Å². The average molecular weight is 218 g/mol. The second kappa shape index (κ2) is 4.06. The van der Waals surface area contributed by atoms with Gasteiger partial charge in [0.05, 0.1) is 0 Å². The first-order valence-electron chi connectivity index (χ1n) is 5.92. The zero-order valence-electron chi connectivity index (χ0n) is 9.85. The molecule has 0 saturated carbocycles. The van der Waals surface area contributed by atoms with E-state index in [9.17, 15) is 0 Å². The molecule has 0 N–H and O–H groups in total. The zero-order valence-corrected chi connectivity index (χ0v) is 9.85. The molecule has 0 atom stereocenters. The van der Waals surface area contributed by atoms with Gasteiger partial charge in [0.15, 0.2) is 0 Å². The molecule has 0 aliphatic carbocycles. The van der Waals surface area contributed by atoms with Crippen LogP contribution in [0.2, 0.25) is 0 Å². The van der Waals surface area contributed by atoms with Crippen molar-refractivity contribution >= 4 is 27.6 Å². The summed E-state index contributed by atoms with van der Waals surface area (Å²) in [4.78, 5) is 0. The second-order valence-electron chi connectivity index (χ2n) is 4.31. The molecule has 0 fully saturated rings. The summed E-state index contributed by atoms with van der Waals surface area (Å²) < 4.78 is 0. The van der Waals surface area contributed by atoms with Crippen molar-refractivity contribution in [3.05, 3.63) is 66.2 Å². The summed E-state index contributed by atoms with van der Waals surface area (Å²) in [6, 6.07) is 19.6. The molecule has 0 aromatic heterocycles. The van der Waals surface area contributed by atoms with Gasteiger partial charge >= 0.3 is 0 Å². The molecule has 0 amide bonds. The SMILES string of the molecule is CC=Cc1ccc2cc3ccccc3cc2c1. The van der Waals surface area contributed by atoms with Gasteiger partial charge in [0.2, 0.25) is 0 Å². The lowest BCUT2D eigenvalue weighted by molar-refractivity contribution is 1.70. The Hall–Kier alpha value is -2.08. The molecule has 0 saturated heterocycles. The van der Waals surface area contributed by atoms with Crippen molar-refractivity contribution in [3.63, 3.8) is 0 Å². The Kier molecular flexibility index (Phi) is 2.41. The van der Waals surface area contributed by atoms with Crippen LogP contribution < -0.4 is 0 Å². The first kappa shape index (κ1) is 10.1. The van der Waals surface area contributed by atoms with Gasteiger partial charge in [-0.05, 0) is 52.2 Å². The van der Waals surface area contributed by atoms with Gasteiger partial charge in [0.1, 0.15) is 0 Å². The maximum atomic E-state index is 2.26. The summed E-state index contributed by atoms with van der Waals surface area (Å²) in [6.07, 6.45) is 4.21. The Morgan fingerprint density at radius 2 is 1.35 bits per heavy atom. The first-order chi connectivity index (χ1) is 8.36. The van der Waals surface area contributed by atoms with Crippen LogP contribution in [0.15, 0.2) is 60.7 Å². The van der Waals surface area contributed by atoms with E-state index in [0.29, 0.717) is 0 Å². The van der Waals surface area contributed by atoms with Crippen molar-refractivity contribution in [3.8, 4) is 0 Å². The molecule has 17 heavy (non-hydrogen) atoms. The van der Waals surface area contributed by atoms with Crippen LogP contribution in [-0.4, -0.2) is 0 Å². The van der Waals surface area contributed by atoms with Gasteiger partial charge in [0.25, 0.3) is 0 Å². The maximum Gasteiger partial charge on any atom is -0.0172 e. The normalized spacial score (nSPS) is 11.6. The number of allylic oxidation sites excluding steroid dienone is 1. The van der Waals surface area contributed by atoms with Gasteiger partial charge in [-0.3, -0.25) is 0 Å². The molecule has 0 bridgehead atoms. The Balaban J connectivity index is 2.32. The molecular weight excluding hydrogens is 204 g/mol. The first-order valence-corrected chi connectivity index (χ1v) is 5.92. The van der Waals surface area contributed by atoms with E-state index in [-0.39, 0.29) is 0 Å². The fourth-order valence-corrected chi connectivity index (χ4v) is 2.25. The number of fused-ring (bicyclic) bond motifs is 2. The summed E-state index contributed by atoms with van der Waals surface area (Å²) >= 11 is 0. The summed E-state index contributed by atoms with van der Waals surface area (Å²) in [5.41, 5.74) is 1.26. The van der Waals surface area contributed by atoms with Crippen molar-refractivity contribution in [1.29, 1.82) is 0 Å². The lowest BCUT2D eigenvalue weighted by Gasteiger charge is -2.03. The van der Waals surface area contributed by atoms with Crippen LogP contribution in [0.3, 0.4) is 0 Å². The van der Waals surface area contributed by atoms with E-state index in [1.807, 2.05) is 6.92 Å². The molecule has 3 rings (SSSR count). The Bertz CT molecular complexity index is 705. The molecule has 0 aliphatic heterocycles. The molecular formula is C17H14. The Morgan fingerprint density at radius 3 is 2.06 bits per heavy atom. The molecule has 0 nitrogen and oxygen atoms in total. The minimum absolute atomic E-state index is 1.26. The molecule has 3 aromatic rings. The lowest BCUT2D eigenvalue weighted by atomic mass is 10.0. The van der Waals surface area contributed by atoms with E-state index < -0.39 is 0 Å². The van der Waals surface area contributed by atoms with E-state index in [4.69, 9.17) is 0 Å². The third-order valence-corrected chi connectivity index (χ3v) is 3.09. The van der Waals surface area contributed by atoms with Gasteiger partial charge < -0.3 is 0 Å². The zero-order chi connectivity index (χ0) is 11.7. The fraction of sp³-hybridized carbons (Fsp3) is 0.0588. The van der Waals surface area contributed by atoms with Gasteiger partial charge in [-0.15, -0.1) is 0 Å². The van der Waals surface area contributed by atoms with Crippen LogP contribution in [0.1, 0.15) is 12.5 Å². The second-order valence-corrected chi connectivity index (χ2v) is 4.31. The predicted molar refractivity (Wildman–Crippen MR) is 76.2 cm³/mol. The molecule has 0 heterocycles. The highest BCUT2D eigenvalue weighted by Gasteiger charge is 1.97. The standard InChI is InChI=1S/C17H14/c1-2-5-13-8-9-16-11-14-6-3-4-7-15(14)12-17(16)10-13/h2-12H,1H3. The molecule has 0 heteroatoms.